The van der Waals surface area contributed by atoms with Crippen LogP contribution in [0.3, 0.4) is 0 Å². The Bertz CT molecular complexity index is 8.00. The van der Waals surface area contributed by atoms with Crippen LogP contribution in [0.5, 0.6) is 0 Å². The minimum Gasteiger partial charge on any atom is -0.193 e. The average Bonchev–Trinajstić information content (AvgIpc) is 0.811. The Hall–Kier alpha value is 0.0649. The maximum atomic E-state index is 2.25. The Morgan fingerprint density at radius 1 is 1.00 bits per heavy atom. The highest BCUT2D eigenvalue weighted by Crippen LogP contribution is 1.68. The van der Waals surface area contributed by atoms with E-state index in [-0.39, 0.29) is 6.71 Å². The van der Waals surface area contributed by atoms with Crippen LogP contribution in [0.4, 0.5) is 0 Å². The SMILES string of the molecule is C[BH-](C)C. The molecule has 0 aromatic carbocycles. The van der Waals surface area contributed by atoms with Crippen molar-refractivity contribution in [2.24, 2.45) is 0 Å². The highest BCUT2D eigenvalue weighted by atomic mass is 13.2. The molecule has 0 aliphatic carbocycles. The standard InChI is InChI=1S/C3H10B/c1-4(2)3/h4H,1-3H3/q-1. The average molecular weight is 56.9 g/mol. The molecule has 0 aromatic heterocycles. The molecule has 0 N–H and O–H groups in total. The second kappa shape index (κ2) is 1.39. The summed E-state index contributed by atoms with van der Waals surface area (Å²) in [5.41, 5.74) is 0. The third-order valence-electron chi connectivity index (χ3n) is 0. The normalized spacial score (nSPS) is 9.00. The van der Waals surface area contributed by atoms with Crippen LogP contribution in [0.1, 0.15) is 0 Å². The molecule has 0 heterocycles. The van der Waals surface area contributed by atoms with Crippen LogP contribution in [0.2, 0.25) is 20.5 Å². The van der Waals surface area contributed by atoms with E-state index >= 15 is 0 Å². The molecule has 0 nitrogen and oxygen atoms in total. The van der Waals surface area contributed by atoms with Crippen LogP contribution in [-0.2, 0) is 0 Å². The van der Waals surface area contributed by atoms with Gasteiger partial charge in [-0.2, -0.15) is 20.5 Å². The molecule has 0 aliphatic heterocycles. The first-order valence-corrected chi connectivity index (χ1v) is 2.12. The summed E-state index contributed by atoms with van der Waals surface area (Å²) in [5.74, 6) is 0. The van der Waals surface area contributed by atoms with Gasteiger partial charge in [-0.15, -0.1) is 0 Å². The number of hydrogen-bond acceptors (Lipinski definition) is 0. The van der Waals surface area contributed by atoms with Gasteiger partial charge in [0, 0.05) is 0 Å². The van der Waals surface area contributed by atoms with Gasteiger partial charge in [-0.3, -0.25) is 0 Å². The van der Waals surface area contributed by atoms with Crippen molar-refractivity contribution >= 4 is 6.71 Å². The van der Waals surface area contributed by atoms with Crippen LogP contribution < -0.4 is 0 Å². The Morgan fingerprint density at radius 3 is 1.00 bits per heavy atom. The molecule has 0 fully saturated rings. The fourth-order valence-corrected chi connectivity index (χ4v) is 0. The van der Waals surface area contributed by atoms with E-state index in [0.717, 1.165) is 0 Å². The van der Waals surface area contributed by atoms with Crippen LogP contribution in [0, 0.1) is 0 Å². The van der Waals surface area contributed by atoms with Gasteiger partial charge in [-0.1, -0.05) is 0 Å². The first-order valence-electron chi connectivity index (χ1n) is 2.12. The molecule has 0 spiro atoms. The monoisotopic (exact) mass is 57.1 g/mol. The summed E-state index contributed by atoms with van der Waals surface area (Å²) in [6, 6.07) is 0. The summed E-state index contributed by atoms with van der Waals surface area (Å²) in [7, 11) is 0. The third-order valence-corrected chi connectivity index (χ3v) is 0. The minimum atomic E-state index is 0.250. The lowest BCUT2D eigenvalue weighted by Gasteiger charge is -1.84. The van der Waals surface area contributed by atoms with Crippen LogP contribution in [-0.4, -0.2) is 6.71 Å². The highest BCUT2D eigenvalue weighted by Gasteiger charge is 1.63. The van der Waals surface area contributed by atoms with Crippen LogP contribution in [0.15, 0.2) is 0 Å². The van der Waals surface area contributed by atoms with E-state index in [1.165, 1.54) is 0 Å². The summed E-state index contributed by atoms with van der Waals surface area (Å²) < 4.78 is 0. The summed E-state index contributed by atoms with van der Waals surface area (Å²) in [4.78, 5) is 0. The lowest BCUT2D eigenvalue weighted by Crippen LogP contribution is -1.84. The molecule has 0 rings (SSSR count). The smallest absolute Gasteiger partial charge is 0.0254 e. The van der Waals surface area contributed by atoms with E-state index in [1.54, 1.807) is 0 Å². The molecule has 0 radical (unpaired) electrons. The lowest BCUT2D eigenvalue weighted by atomic mass is 9.58. The molecule has 1 heteroatoms. The van der Waals surface area contributed by atoms with Crippen molar-refractivity contribution in [1.82, 2.24) is 0 Å². The fraction of sp³-hybridized carbons (Fsp3) is 1.00. The predicted molar refractivity (Wildman–Crippen MR) is 24.7 cm³/mol. The van der Waals surface area contributed by atoms with E-state index in [4.69, 9.17) is 0 Å². The summed E-state index contributed by atoms with van der Waals surface area (Å²) in [6.45, 7) is 7.00. The highest BCUT2D eigenvalue weighted by molar-refractivity contribution is 6.54. The molecule has 4 heavy (non-hydrogen) atoms. The van der Waals surface area contributed by atoms with E-state index in [2.05, 4.69) is 20.5 Å². The quantitative estimate of drug-likeness (QED) is 0.365. The maximum Gasteiger partial charge on any atom is -0.0254 e. The van der Waals surface area contributed by atoms with Gasteiger partial charge in [0.25, 0.3) is 0 Å². The van der Waals surface area contributed by atoms with Crippen molar-refractivity contribution in [2.75, 3.05) is 0 Å². The molecule has 0 saturated carbocycles. The van der Waals surface area contributed by atoms with E-state index in [1.807, 2.05) is 0 Å². The molecule has 0 aliphatic rings. The third kappa shape index (κ3) is 555. The van der Waals surface area contributed by atoms with Crippen molar-refractivity contribution in [1.29, 1.82) is 0 Å². The predicted octanol–water partition coefficient (Wildman–Crippen LogP) is 1.10. The lowest BCUT2D eigenvalue weighted by molar-refractivity contribution is 1.91. The van der Waals surface area contributed by atoms with Crippen molar-refractivity contribution in [3.63, 3.8) is 0 Å². The summed E-state index contributed by atoms with van der Waals surface area (Å²) >= 11 is 0. The van der Waals surface area contributed by atoms with Gasteiger partial charge in [-0.25, -0.2) is 0 Å². The second-order valence-electron chi connectivity index (χ2n) is 2.12. The molecular formula is C3H10B-. The number of hydrogen-bond donors (Lipinski definition) is 0. The van der Waals surface area contributed by atoms with Crippen molar-refractivity contribution < 1.29 is 0 Å². The van der Waals surface area contributed by atoms with Crippen molar-refractivity contribution in [3.05, 3.63) is 0 Å². The summed E-state index contributed by atoms with van der Waals surface area (Å²) in [6.07, 6.45) is 0. The van der Waals surface area contributed by atoms with Gasteiger partial charge >= 0.3 is 0 Å². The van der Waals surface area contributed by atoms with Gasteiger partial charge in [-0.05, 0) is 6.71 Å². The van der Waals surface area contributed by atoms with Crippen molar-refractivity contribution in [3.8, 4) is 0 Å². The fourth-order valence-electron chi connectivity index (χ4n) is 0. The molecule has 0 saturated heterocycles. The zero-order valence-corrected chi connectivity index (χ0v) is 3.71. The Kier molecular flexibility index (Phi) is 1.41. The topological polar surface area (TPSA) is 0 Å². The molecule has 0 amide bonds. The van der Waals surface area contributed by atoms with Gasteiger partial charge in [0.2, 0.25) is 0 Å². The molecule has 26 valence electrons. The van der Waals surface area contributed by atoms with Crippen LogP contribution >= 0.6 is 0 Å². The summed E-state index contributed by atoms with van der Waals surface area (Å²) in [5, 5.41) is 0. The molecular weight excluding hydrogens is 46.8 g/mol. The van der Waals surface area contributed by atoms with Gasteiger partial charge in [0.05, 0.1) is 0 Å². The Balaban J connectivity index is 2.32. The Labute approximate surface area is 28.3 Å². The van der Waals surface area contributed by atoms with E-state index in [0.29, 0.717) is 0 Å². The zero-order chi connectivity index (χ0) is 3.58. The van der Waals surface area contributed by atoms with Crippen LogP contribution in [0.25, 0.3) is 0 Å². The van der Waals surface area contributed by atoms with Gasteiger partial charge in [0.15, 0.2) is 0 Å². The first-order chi connectivity index (χ1) is 1.73. The molecule has 0 unspecified atom stereocenters. The number of rotatable bonds is 0. The van der Waals surface area contributed by atoms with Gasteiger partial charge < -0.3 is 0 Å². The van der Waals surface area contributed by atoms with Gasteiger partial charge in [0.1, 0.15) is 0 Å². The van der Waals surface area contributed by atoms with Crippen molar-refractivity contribution in [2.45, 2.75) is 20.5 Å². The molecule has 0 aromatic rings. The molecule has 0 atom stereocenters. The van der Waals surface area contributed by atoms with E-state index < -0.39 is 0 Å². The first kappa shape index (κ1) is 4.06. The second-order valence-corrected chi connectivity index (χ2v) is 2.12. The zero-order valence-electron chi connectivity index (χ0n) is 3.71. The Morgan fingerprint density at radius 2 is 1.00 bits per heavy atom. The molecule has 0 bridgehead atoms. The largest absolute Gasteiger partial charge is 0.193 e. The minimum absolute atomic E-state index is 0.250. The maximum absolute atomic E-state index is 2.25. The van der Waals surface area contributed by atoms with E-state index in [9.17, 15) is 0 Å².